The first-order chi connectivity index (χ1) is 17.1. The summed E-state index contributed by atoms with van der Waals surface area (Å²) in [5.41, 5.74) is 3.06. The number of nitrogens with one attached hydrogen (secondary N) is 1. The van der Waals surface area contributed by atoms with E-state index in [1.54, 1.807) is 18.2 Å². The topological polar surface area (TPSA) is 63.9 Å². The zero-order valence-electron chi connectivity index (χ0n) is 19.1. The van der Waals surface area contributed by atoms with Gasteiger partial charge in [-0.25, -0.2) is 4.39 Å². The lowest BCUT2D eigenvalue weighted by molar-refractivity contribution is 0.0918. The number of carbonyl (C=O) groups excluding carboxylic acids is 1. The second-order valence-corrected chi connectivity index (χ2v) is 8.39. The quantitative estimate of drug-likeness (QED) is 0.359. The molecule has 1 aliphatic heterocycles. The molecule has 0 saturated carbocycles. The number of furan rings is 1. The molecule has 0 unspecified atom stereocenters. The Labute approximate surface area is 202 Å². The van der Waals surface area contributed by atoms with Crippen LogP contribution in [0.1, 0.15) is 33.0 Å². The van der Waals surface area contributed by atoms with Crippen molar-refractivity contribution >= 4 is 5.91 Å². The number of carbonyl (C=O) groups is 1. The molecule has 0 radical (unpaired) electrons. The van der Waals surface area contributed by atoms with Gasteiger partial charge in [0.2, 0.25) is 6.79 Å². The van der Waals surface area contributed by atoms with Gasteiger partial charge in [-0.3, -0.25) is 9.69 Å². The van der Waals surface area contributed by atoms with Crippen molar-refractivity contribution in [2.75, 3.05) is 6.79 Å². The van der Waals surface area contributed by atoms with Gasteiger partial charge in [-0.1, -0.05) is 48.5 Å². The predicted octanol–water partition coefficient (Wildman–Crippen LogP) is 5.28. The van der Waals surface area contributed by atoms with E-state index in [9.17, 15) is 9.18 Å². The number of hydrogen-bond acceptors (Lipinski definition) is 5. The molecule has 0 fully saturated rings. The normalized spacial score (nSPS) is 12.2. The molecule has 35 heavy (non-hydrogen) atoms. The number of rotatable bonds is 9. The van der Waals surface area contributed by atoms with Crippen LogP contribution in [-0.2, 0) is 26.2 Å². The molecule has 0 saturated heterocycles. The van der Waals surface area contributed by atoms with Gasteiger partial charge in [0.1, 0.15) is 11.6 Å². The van der Waals surface area contributed by atoms with Gasteiger partial charge in [-0.05, 0) is 53.1 Å². The molecular formula is C28H25FN2O4. The average Bonchev–Trinajstić information content (AvgIpc) is 3.54. The summed E-state index contributed by atoms with van der Waals surface area (Å²) < 4.78 is 29.9. The Morgan fingerprint density at radius 2 is 1.51 bits per heavy atom. The minimum Gasteiger partial charge on any atom is -0.455 e. The van der Waals surface area contributed by atoms with Gasteiger partial charge in [-0.15, -0.1) is 0 Å². The molecule has 3 aromatic carbocycles. The number of ether oxygens (including phenoxy) is 2. The average molecular weight is 473 g/mol. The fourth-order valence-corrected chi connectivity index (χ4v) is 3.98. The molecule has 1 N–H and O–H groups in total. The summed E-state index contributed by atoms with van der Waals surface area (Å²) in [6.45, 7) is 2.35. The van der Waals surface area contributed by atoms with Crippen LogP contribution in [0.4, 0.5) is 4.39 Å². The summed E-state index contributed by atoms with van der Waals surface area (Å²) in [6.07, 6.45) is 0. The maximum atomic E-state index is 13.3. The van der Waals surface area contributed by atoms with Crippen LogP contribution in [0.3, 0.4) is 0 Å². The lowest BCUT2D eigenvalue weighted by Gasteiger charge is -2.21. The molecule has 0 atom stereocenters. The van der Waals surface area contributed by atoms with E-state index in [0.717, 1.165) is 16.7 Å². The molecule has 4 aromatic rings. The molecule has 1 aromatic heterocycles. The Morgan fingerprint density at radius 1 is 0.800 bits per heavy atom. The molecule has 0 spiro atoms. The molecule has 178 valence electrons. The highest BCUT2D eigenvalue weighted by Crippen LogP contribution is 2.32. The number of fused-ring (bicyclic) bond motifs is 1. The molecule has 1 aliphatic rings. The number of benzene rings is 3. The van der Waals surface area contributed by atoms with Gasteiger partial charge in [0.25, 0.3) is 5.91 Å². The zero-order chi connectivity index (χ0) is 24.0. The Kier molecular flexibility index (Phi) is 6.77. The Hall–Kier alpha value is -4.10. The van der Waals surface area contributed by atoms with Crippen molar-refractivity contribution in [3.05, 3.63) is 119 Å². The number of hydrogen-bond donors (Lipinski definition) is 1. The predicted molar refractivity (Wildman–Crippen MR) is 128 cm³/mol. The van der Waals surface area contributed by atoms with E-state index < -0.39 is 0 Å². The summed E-state index contributed by atoms with van der Waals surface area (Å²) in [7, 11) is 0. The van der Waals surface area contributed by atoms with E-state index in [2.05, 4.69) is 22.3 Å². The Morgan fingerprint density at radius 3 is 2.31 bits per heavy atom. The van der Waals surface area contributed by atoms with Crippen molar-refractivity contribution in [3.8, 4) is 11.5 Å². The standard InChI is InChI=1S/C28H25FN2O4/c29-23-9-6-21(7-10-23)17-31(16-20-4-2-1-3-5-20)18-24-11-13-26(35-24)28(32)30-15-22-8-12-25-27(14-22)34-19-33-25/h1-14H,15-19H2,(H,30,32). The van der Waals surface area contributed by atoms with E-state index in [1.807, 2.05) is 42.5 Å². The number of halogens is 1. The van der Waals surface area contributed by atoms with E-state index in [-0.39, 0.29) is 24.3 Å². The summed E-state index contributed by atoms with van der Waals surface area (Å²) in [5, 5.41) is 2.88. The second kappa shape index (κ2) is 10.4. The van der Waals surface area contributed by atoms with Crippen LogP contribution < -0.4 is 14.8 Å². The van der Waals surface area contributed by atoms with Gasteiger partial charge in [0, 0.05) is 19.6 Å². The minimum atomic E-state index is -0.290. The minimum absolute atomic E-state index is 0.211. The van der Waals surface area contributed by atoms with Crippen LogP contribution in [0.15, 0.2) is 89.3 Å². The van der Waals surface area contributed by atoms with Crippen LogP contribution in [0.2, 0.25) is 0 Å². The maximum absolute atomic E-state index is 13.3. The van der Waals surface area contributed by atoms with Crippen LogP contribution in [-0.4, -0.2) is 17.6 Å². The first-order valence-electron chi connectivity index (χ1n) is 11.4. The molecular weight excluding hydrogens is 447 g/mol. The van der Waals surface area contributed by atoms with E-state index in [4.69, 9.17) is 13.9 Å². The van der Waals surface area contributed by atoms with Crippen molar-refractivity contribution in [2.24, 2.45) is 0 Å². The first-order valence-corrected chi connectivity index (χ1v) is 11.4. The number of amides is 1. The third-order valence-corrected chi connectivity index (χ3v) is 5.72. The van der Waals surface area contributed by atoms with Crippen LogP contribution in [0.25, 0.3) is 0 Å². The molecule has 1 amide bonds. The van der Waals surface area contributed by atoms with Crippen molar-refractivity contribution in [2.45, 2.75) is 26.2 Å². The van der Waals surface area contributed by atoms with Crippen molar-refractivity contribution in [3.63, 3.8) is 0 Å². The van der Waals surface area contributed by atoms with E-state index >= 15 is 0 Å². The largest absolute Gasteiger partial charge is 0.455 e. The smallest absolute Gasteiger partial charge is 0.287 e. The Balaban J connectivity index is 1.23. The summed E-state index contributed by atoms with van der Waals surface area (Å²) in [4.78, 5) is 14.8. The highest BCUT2D eigenvalue weighted by Gasteiger charge is 2.16. The van der Waals surface area contributed by atoms with Gasteiger partial charge < -0.3 is 19.2 Å². The van der Waals surface area contributed by atoms with Gasteiger partial charge in [-0.2, -0.15) is 0 Å². The third-order valence-electron chi connectivity index (χ3n) is 5.72. The van der Waals surface area contributed by atoms with Crippen LogP contribution in [0, 0.1) is 5.82 Å². The third kappa shape index (κ3) is 5.88. The zero-order valence-corrected chi connectivity index (χ0v) is 19.1. The maximum Gasteiger partial charge on any atom is 0.287 e. The van der Waals surface area contributed by atoms with Gasteiger partial charge in [0.15, 0.2) is 17.3 Å². The van der Waals surface area contributed by atoms with Crippen LogP contribution in [0.5, 0.6) is 11.5 Å². The molecule has 7 heteroatoms. The fourth-order valence-electron chi connectivity index (χ4n) is 3.98. The fraction of sp³-hybridized carbons (Fsp3) is 0.179. The van der Waals surface area contributed by atoms with Crippen molar-refractivity contribution in [1.82, 2.24) is 10.2 Å². The van der Waals surface area contributed by atoms with E-state index in [0.29, 0.717) is 43.4 Å². The Bertz CT molecular complexity index is 1290. The molecule has 2 heterocycles. The molecule has 6 nitrogen and oxygen atoms in total. The monoisotopic (exact) mass is 472 g/mol. The summed E-state index contributed by atoms with van der Waals surface area (Å²) in [5.74, 6) is 1.76. The number of nitrogens with zero attached hydrogens (tertiary/aromatic N) is 1. The van der Waals surface area contributed by atoms with Crippen molar-refractivity contribution < 1.29 is 23.1 Å². The highest BCUT2D eigenvalue weighted by molar-refractivity contribution is 5.91. The first kappa shape index (κ1) is 22.7. The summed E-state index contributed by atoms with van der Waals surface area (Å²) >= 11 is 0. The van der Waals surface area contributed by atoms with Crippen LogP contribution >= 0.6 is 0 Å². The SMILES string of the molecule is O=C(NCc1ccc2c(c1)OCO2)c1ccc(CN(Cc2ccccc2)Cc2ccc(F)cc2)o1. The molecule has 0 bridgehead atoms. The lowest BCUT2D eigenvalue weighted by Crippen LogP contribution is -2.23. The second-order valence-electron chi connectivity index (χ2n) is 8.39. The molecule has 0 aliphatic carbocycles. The molecule has 5 rings (SSSR count). The highest BCUT2D eigenvalue weighted by atomic mass is 19.1. The van der Waals surface area contributed by atoms with Gasteiger partial charge >= 0.3 is 0 Å². The summed E-state index contributed by atoms with van der Waals surface area (Å²) in [6, 6.07) is 25.7. The van der Waals surface area contributed by atoms with Crippen molar-refractivity contribution in [1.29, 1.82) is 0 Å². The lowest BCUT2D eigenvalue weighted by atomic mass is 10.1. The van der Waals surface area contributed by atoms with Gasteiger partial charge in [0.05, 0.1) is 6.54 Å². The van der Waals surface area contributed by atoms with E-state index in [1.165, 1.54) is 12.1 Å².